The maximum Gasteiger partial charge on any atom is 0.391 e. The van der Waals surface area contributed by atoms with E-state index in [2.05, 4.69) is 6.07 Å². The maximum atomic E-state index is 11.8. The van der Waals surface area contributed by atoms with Crippen LogP contribution in [0.5, 0.6) is 0 Å². The summed E-state index contributed by atoms with van der Waals surface area (Å²) in [7, 11) is 0. The Labute approximate surface area is 98.7 Å². The molecule has 0 spiro atoms. The van der Waals surface area contributed by atoms with Gasteiger partial charge in [-0.3, -0.25) is 0 Å². The fraction of sp³-hybridized carbons (Fsp3) is 0.909. The van der Waals surface area contributed by atoms with Gasteiger partial charge in [-0.1, -0.05) is 6.42 Å². The van der Waals surface area contributed by atoms with Crippen LogP contribution in [0.1, 0.15) is 32.1 Å². The van der Waals surface area contributed by atoms with Gasteiger partial charge in [-0.05, 0) is 25.2 Å². The minimum Gasteiger partial charge on any atom is -0.381 e. The third-order valence-electron chi connectivity index (χ3n) is 3.22. The number of hydrogen-bond acceptors (Lipinski definition) is 3. The first kappa shape index (κ1) is 14.3. The third kappa shape index (κ3) is 4.52. The number of rotatable bonds is 5. The van der Waals surface area contributed by atoms with Gasteiger partial charge in [-0.25, -0.2) is 0 Å². The number of nitriles is 1. The molecule has 0 bridgehead atoms. The van der Waals surface area contributed by atoms with Crippen molar-refractivity contribution in [2.75, 3.05) is 13.2 Å². The largest absolute Gasteiger partial charge is 0.391 e. The van der Waals surface area contributed by atoms with E-state index in [9.17, 15) is 13.2 Å². The molecule has 2 unspecified atom stereocenters. The van der Waals surface area contributed by atoms with Gasteiger partial charge in [0, 0.05) is 6.61 Å². The van der Waals surface area contributed by atoms with E-state index in [0.717, 1.165) is 12.8 Å². The molecule has 1 aliphatic carbocycles. The van der Waals surface area contributed by atoms with E-state index in [1.165, 1.54) is 0 Å². The van der Waals surface area contributed by atoms with Gasteiger partial charge in [-0.2, -0.15) is 18.4 Å². The zero-order chi connectivity index (χ0) is 12.9. The van der Waals surface area contributed by atoms with Gasteiger partial charge in [0.25, 0.3) is 0 Å². The molecule has 1 aliphatic rings. The monoisotopic (exact) mass is 250 g/mol. The fourth-order valence-corrected chi connectivity index (χ4v) is 2.17. The minimum absolute atomic E-state index is 0.0402. The van der Waals surface area contributed by atoms with E-state index in [1.807, 2.05) is 0 Å². The molecule has 2 N–H and O–H groups in total. The van der Waals surface area contributed by atoms with Crippen LogP contribution in [0.3, 0.4) is 0 Å². The number of nitrogens with two attached hydrogens (primary N) is 1. The third-order valence-corrected chi connectivity index (χ3v) is 3.22. The van der Waals surface area contributed by atoms with Crippen LogP contribution in [-0.2, 0) is 4.74 Å². The lowest BCUT2D eigenvalue weighted by atomic mass is 9.87. The summed E-state index contributed by atoms with van der Waals surface area (Å²) >= 11 is 0. The van der Waals surface area contributed by atoms with Crippen LogP contribution in [-0.4, -0.2) is 24.9 Å². The highest BCUT2D eigenvalue weighted by Gasteiger charge is 2.39. The molecule has 0 saturated heterocycles. The van der Waals surface area contributed by atoms with Crippen LogP contribution in [0, 0.1) is 17.2 Å². The second kappa shape index (κ2) is 5.69. The van der Waals surface area contributed by atoms with Crippen molar-refractivity contribution in [3.8, 4) is 6.07 Å². The first-order valence-corrected chi connectivity index (χ1v) is 5.72. The number of hydrogen-bond donors (Lipinski definition) is 1. The summed E-state index contributed by atoms with van der Waals surface area (Å²) in [5, 5.41) is 8.94. The Kier molecular flexibility index (Phi) is 4.78. The number of halogens is 3. The summed E-state index contributed by atoms with van der Waals surface area (Å²) in [5.41, 5.74) is 5.08. The number of nitrogens with zero attached hydrogens (tertiary/aromatic N) is 1. The molecular formula is C11H17F3N2O. The van der Waals surface area contributed by atoms with Gasteiger partial charge in [0.15, 0.2) is 0 Å². The average Bonchev–Trinajstić information content (AvgIpc) is 2.59. The standard InChI is InChI=1S/C11H17F3N2O/c12-11(13,14)5-7-17-6-3-9-2-1-4-10(9,16)8-15/h9H,1-7,16H2. The van der Waals surface area contributed by atoms with E-state index in [0.29, 0.717) is 12.8 Å². The Morgan fingerprint density at radius 2 is 2.12 bits per heavy atom. The molecule has 2 atom stereocenters. The highest BCUT2D eigenvalue weighted by Crippen LogP contribution is 2.35. The second-order valence-electron chi connectivity index (χ2n) is 4.51. The lowest BCUT2D eigenvalue weighted by Gasteiger charge is -2.23. The summed E-state index contributed by atoms with van der Waals surface area (Å²) in [6.07, 6.45) is -2.12. The predicted octanol–water partition coefficient (Wildman–Crippen LogP) is 2.37. The van der Waals surface area contributed by atoms with Crippen LogP contribution in [0.15, 0.2) is 0 Å². The van der Waals surface area contributed by atoms with Crippen molar-refractivity contribution >= 4 is 0 Å². The zero-order valence-electron chi connectivity index (χ0n) is 9.59. The summed E-state index contributed by atoms with van der Waals surface area (Å²) in [6.45, 7) is -0.0816. The molecule has 0 heterocycles. The molecule has 0 aliphatic heterocycles. The SMILES string of the molecule is N#CC1(N)CCCC1CCOCCC(F)(F)F. The Bertz CT molecular complexity index is 287. The molecule has 6 heteroatoms. The molecule has 0 radical (unpaired) electrons. The summed E-state index contributed by atoms with van der Waals surface area (Å²) in [6, 6.07) is 2.10. The quantitative estimate of drug-likeness (QED) is 0.762. The Hall–Kier alpha value is -0.800. The van der Waals surface area contributed by atoms with E-state index in [1.54, 1.807) is 0 Å². The molecule has 0 aromatic heterocycles. The van der Waals surface area contributed by atoms with E-state index < -0.39 is 18.1 Å². The van der Waals surface area contributed by atoms with Gasteiger partial charge in [0.05, 0.1) is 19.1 Å². The van der Waals surface area contributed by atoms with Crippen molar-refractivity contribution < 1.29 is 17.9 Å². The van der Waals surface area contributed by atoms with Gasteiger partial charge in [0.1, 0.15) is 5.54 Å². The molecule has 1 fully saturated rings. The molecular weight excluding hydrogens is 233 g/mol. The molecule has 3 nitrogen and oxygen atoms in total. The predicted molar refractivity (Wildman–Crippen MR) is 56.0 cm³/mol. The highest BCUT2D eigenvalue weighted by atomic mass is 19.4. The van der Waals surface area contributed by atoms with Crippen molar-refractivity contribution in [1.29, 1.82) is 5.26 Å². The van der Waals surface area contributed by atoms with Crippen molar-refractivity contribution in [1.82, 2.24) is 0 Å². The van der Waals surface area contributed by atoms with Crippen molar-refractivity contribution in [2.45, 2.75) is 43.8 Å². The minimum atomic E-state index is -4.17. The summed E-state index contributed by atoms with van der Waals surface area (Å²) < 4.78 is 40.4. The van der Waals surface area contributed by atoms with E-state index in [4.69, 9.17) is 15.7 Å². The highest BCUT2D eigenvalue weighted by molar-refractivity contribution is 5.11. The summed E-state index contributed by atoms with van der Waals surface area (Å²) in [4.78, 5) is 0. The fourth-order valence-electron chi connectivity index (χ4n) is 2.17. The number of alkyl halides is 3. The average molecular weight is 250 g/mol. The van der Waals surface area contributed by atoms with Gasteiger partial charge < -0.3 is 10.5 Å². The van der Waals surface area contributed by atoms with Crippen LogP contribution in [0.2, 0.25) is 0 Å². The molecule has 0 aromatic rings. The normalized spacial score (nSPS) is 29.2. The van der Waals surface area contributed by atoms with E-state index in [-0.39, 0.29) is 19.1 Å². The van der Waals surface area contributed by atoms with Gasteiger partial charge in [0.2, 0.25) is 0 Å². The smallest absolute Gasteiger partial charge is 0.381 e. The molecule has 1 saturated carbocycles. The van der Waals surface area contributed by atoms with Crippen LogP contribution >= 0.6 is 0 Å². The van der Waals surface area contributed by atoms with Crippen LogP contribution < -0.4 is 5.73 Å². The lowest BCUT2D eigenvalue weighted by Crippen LogP contribution is -2.42. The molecule has 1 rings (SSSR count). The first-order valence-electron chi connectivity index (χ1n) is 5.72. The Morgan fingerprint density at radius 1 is 1.41 bits per heavy atom. The molecule has 17 heavy (non-hydrogen) atoms. The first-order chi connectivity index (χ1) is 7.87. The van der Waals surface area contributed by atoms with Gasteiger partial charge >= 0.3 is 6.18 Å². The van der Waals surface area contributed by atoms with Crippen molar-refractivity contribution in [2.24, 2.45) is 11.7 Å². The lowest BCUT2D eigenvalue weighted by molar-refractivity contribution is -0.145. The van der Waals surface area contributed by atoms with Crippen molar-refractivity contribution in [3.05, 3.63) is 0 Å². The molecule has 98 valence electrons. The Balaban J connectivity index is 2.17. The second-order valence-corrected chi connectivity index (χ2v) is 4.51. The number of ether oxygens (including phenoxy) is 1. The molecule has 0 aromatic carbocycles. The zero-order valence-corrected chi connectivity index (χ0v) is 9.59. The van der Waals surface area contributed by atoms with Gasteiger partial charge in [-0.15, -0.1) is 0 Å². The van der Waals surface area contributed by atoms with E-state index >= 15 is 0 Å². The van der Waals surface area contributed by atoms with Crippen LogP contribution in [0.25, 0.3) is 0 Å². The van der Waals surface area contributed by atoms with Crippen molar-refractivity contribution in [3.63, 3.8) is 0 Å². The van der Waals surface area contributed by atoms with Crippen LogP contribution in [0.4, 0.5) is 13.2 Å². The maximum absolute atomic E-state index is 11.8. The summed E-state index contributed by atoms with van der Waals surface area (Å²) in [5.74, 6) is 0.0402. The molecule has 0 amide bonds. The Morgan fingerprint density at radius 3 is 2.71 bits per heavy atom. The topological polar surface area (TPSA) is 59.0 Å².